The van der Waals surface area contributed by atoms with E-state index in [1.165, 1.54) is 5.56 Å². The van der Waals surface area contributed by atoms with E-state index in [9.17, 15) is 0 Å². The largest absolute Gasteiger partial charge is 0.475 e. The van der Waals surface area contributed by atoms with Gasteiger partial charge < -0.3 is 9.47 Å². The van der Waals surface area contributed by atoms with Crippen LogP contribution in [0.3, 0.4) is 0 Å². The molecular weight excluding hydrogens is 458 g/mol. The van der Waals surface area contributed by atoms with Crippen molar-refractivity contribution in [3.05, 3.63) is 107 Å². The van der Waals surface area contributed by atoms with Gasteiger partial charge in [-0.2, -0.15) is 0 Å². The Hall–Kier alpha value is -4.12. The number of hydrogen-bond donors (Lipinski definition) is 0. The number of fused-ring (bicyclic) bond motifs is 2. The van der Waals surface area contributed by atoms with Crippen LogP contribution in [-0.4, -0.2) is 23.5 Å². The number of aliphatic imine (C=N–C) groups is 1. The van der Waals surface area contributed by atoms with E-state index in [1.54, 1.807) is 0 Å². The highest BCUT2D eigenvalue weighted by atomic mass is 16.5. The van der Waals surface area contributed by atoms with Crippen LogP contribution in [0.15, 0.2) is 84.0 Å². The molecule has 0 unspecified atom stereocenters. The zero-order chi connectivity index (χ0) is 28.2. The number of benzene rings is 3. The number of ether oxygens (including phenoxy) is 2. The van der Waals surface area contributed by atoms with E-state index in [4.69, 9.17) is 18.6 Å². The molecule has 3 heterocycles. The molecule has 5 nitrogen and oxygen atoms in total. The van der Waals surface area contributed by atoms with Gasteiger partial charge in [-0.1, -0.05) is 38.1 Å². The van der Waals surface area contributed by atoms with E-state index in [-0.39, 0.29) is 12.0 Å². The second kappa shape index (κ2) is 8.77. The lowest BCUT2D eigenvalue weighted by Gasteiger charge is -2.41. The molecule has 0 N–H and O–H groups in total. The normalized spacial score (nSPS) is 19.0. The van der Waals surface area contributed by atoms with Gasteiger partial charge in [0.25, 0.3) is 0 Å². The average Bonchev–Trinajstić information content (AvgIpc) is 3.40. The molecule has 5 heteroatoms. The quantitative estimate of drug-likeness (QED) is 0.292. The lowest BCUT2D eigenvalue weighted by molar-refractivity contribution is 0.324. The summed E-state index contributed by atoms with van der Waals surface area (Å²) >= 11 is 0. The molecule has 0 fully saturated rings. The molecule has 37 heavy (non-hydrogen) atoms. The first-order valence-electron chi connectivity index (χ1n) is 14.0. The molecule has 3 aromatic carbocycles. The van der Waals surface area contributed by atoms with Crippen LogP contribution in [0.2, 0.25) is 0 Å². The van der Waals surface area contributed by atoms with Gasteiger partial charge in [0.05, 0.1) is 17.4 Å². The van der Waals surface area contributed by atoms with Crippen LogP contribution < -0.4 is 9.64 Å². The molecule has 1 atom stereocenters. The van der Waals surface area contributed by atoms with Gasteiger partial charge in [-0.05, 0) is 79.9 Å². The summed E-state index contributed by atoms with van der Waals surface area (Å²) in [5.41, 5.74) is 6.94. The Balaban J connectivity index is 1.39. The molecule has 2 aliphatic rings. The number of pyridine rings is 1. The molecule has 0 saturated heterocycles. The highest BCUT2D eigenvalue weighted by Crippen LogP contribution is 2.51. The molecule has 0 bridgehead atoms. The van der Waals surface area contributed by atoms with Crippen molar-refractivity contribution in [1.29, 1.82) is 0 Å². The lowest BCUT2D eigenvalue weighted by atomic mass is 9.74. The van der Waals surface area contributed by atoms with Gasteiger partial charge in [0.2, 0.25) is 5.90 Å². The summed E-state index contributed by atoms with van der Waals surface area (Å²) in [5.74, 6) is 2.53. The van der Waals surface area contributed by atoms with E-state index in [0.29, 0.717) is 23.0 Å². The Morgan fingerprint density at radius 2 is 1.70 bits per heavy atom. The minimum Gasteiger partial charge on any atom is -0.475 e. The Kier molecular flexibility index (Phi) is 4.74. The number of rotatable bonds is 4. The van der Waals surface area contributed by atoms with Crippen molar-refractivity contribution in [3.8, 4) is 11.5 Å². The maximum Gasteiger partial charge on any atom is 0.216 e. The molecule has 0 spiro atoms. The summed E-state index contributed by atoms with van der Waals surface area (Å²) in [4.78, 5) is 11.4. The predicted octanol–water partition coefficient (Wildman–Crippen LogP) is 7.77. The summed E-state index contributed by atoms with van der Waals surface area (Å²) in [7, 11) is 0. The van der Waals surface area contributed by atoms with Gasteiger partial charge in [-0.25, -0.2) is 9.98 Å². The van der Waals surface area contributed by atoms with Crippen molar-refractivity contribution in [1.82, 2.24) is 4.98 Å². The van der Waals surface area contributed by atoms with Gasteiger partial charge in [0.15, 0.2) is 0 Å². The van der Waals surface area contributed by atoms with Crippen molar-refractivity contribution in [2.45, 2.75) is 46.0 Å². The Bertz CT molecular complexity index is 1600. The summed E-state index contributed by atoms with van der Waals surface area (Å²) in [5, 5.41) is 0. The van der Waals surface area contributed by atoms with Crippen LogP contribution in [0.5, 0.6) is 11.5 Å². The second-order valence-corrected chi connectivity index (χ2v) is 10.3. The third-order valence-corrected chi connectivity index (χ3v) is 6.97. The fourth-order valence-corrected chi connectivity index (χ4v) is 5.30. The third-order valence-electron chi connectivity index (χ3n) is 6.97. The highest BCUT2D eigenvalue weighted by molar-refractivity contribution is 5.95. The summed E-state index contributed by atoms with van der Waals surface area (Å²) < 4.78 is 35.1. The average molecular weight is 493 g/mol. The van der Waals surface area contributed by atoms with Crippen molar-refractivity contribution in [3.63, 3.8) is 0 Å². The van der Waals surface area contributed by atoms with E-state index in [1.807, 2.05) is 56.4 Å². The third kappa shape index (κ3) is 4.14. The standard InChI is InChI=1S/C32H31N3O2/c1-20-13-23(31-34-22(3)19-36-31)17-25(15-20)37-26-16-21(2)14-24(18-26)35-29-11-7-6-9-27(29)32(4,5)28-10-8-12-33-30(28)35/h6-18,22H,19H2,1-5H3/t22-/m1/s1/i3D3. The van der Waals surface area contributed by atoms with E-state index in [0.717, 1.165) is 33.9 Å². The van der Waals surface area contributed by atoms with Gasteiger partial charge in [0.1, 0.15) is 23.9 Å². The number of aryl methyl sites for hydroxylation is 2. The molecule has 0 aliphatic carbocycles. The Labute approximate surface area is 222 Å². The van der Waals surface area contributed by atoms with Crippen molar-refractivity contribution in [2.75, 3.05) is 11.5 Å². The van der Waals surface area contributed by atoms with Crippen LogP contribution in [0, 0.1) is 13.8 Å². The minimum atomic E-state index is -2.20. The maximum atomic E-state index is 7.67. The van der Waals surface area contributed by atoms with Crippen LogP contribution in [0.1, 0.15) is 52.6 Å². The molecule has 0 amide bonds. The smallest absolute Gasteiger partial charge is 0.216 e. The topological polar surface area (TPSA) is 47.0 Å². The van der Waals surface area contributed by atoms with Crippen molar-refractivity contribution in [2.24, 2.45) is 4.99 Å². The van der Waals surface area contributed by atoms with E-state index < -0.39 is 12.9 Å². The fraction of sp³-hybridized carbons (Fsp3) is 0.250. The molecule has 0 radical (unpaired) electrons. The number of aromatic nitrogens is 1. The number of anilines is 3. The monoisotopic (exact) mass is 492 g/mol. The summed E-state index contributed by atoms with van der Waals surface area (Å²) in [6.07, 6.45) is 1.84. The first-order valence-corrected chi connectivity index (χ1v) is 12.5. The molecule has 186 valence electrons. The molecule has 4 aromatic rings. The van der Waals surface area contributed by atoms with Gasteiger partial charge in [-0.3, -0.25) is 4.90 Å². The van der Waals surface area contributed by atoms with Crippen LogP contribution in [0.4, 0.5) is 17.2 Å². The molecule has 2 aliphatic heterocycles. The Morgan fingerprint density at radius 1 is 0.946 bits per heavy atom. The number of para-hydroxylation sites is 1. The lowest BCUT2D eigenvalue weighted by Crippen LogP contribution is -2.31. The molecule has 0 saturated carbocycles. The first kappa shape index (κ1) is 20.0. The number of hydrogen-bond acceptors (Lipinski definition) is 5. The zero-order valence-electron chi connectivity index (χ0n) is 24.4. The zero-order valence-corrected chi connectivity index (χ0v) is 21.4. The van der Waals surface area contributed by atoms with Crippen LogP contribution in [-0.2, 0) is 10.2 Å². The summed E-state index contributed by atoms with van der Waals surface area (Å²) in [6.45, 7) is 6.33. The minimum absolute atomic E-state index is 0.0425. The van der Waals surface area contributed by atoms with Crippen LogP contribution in [0.25, 0.3) is 0 Å². The van der Waals surface area contributed by atoms with Gasteiger partial charge >= 0.3 is 0 Å². The maximum absolute atomic E-state index is 7.67. The van der Waals surface area contributed by atoms with E-state index in [2.05, 4.69) is 60.1 Å². The summed E-state index contributed by atoms with van der Waals surface area (Å²) in [6, 6.07) is 23.6. The fourth-order valence-electron chi connectivity index (χ4n) is 5.30. The predicted molar refractivity (Wildman–Crippen MR) is 149 cm³/mol. The SMILES string of the molecule is [2H]C([2H])([2H])[C@@H]1COC(c2cc(C)cc(Oc3cc(C)cc(N4c5ccccc5C(C)(C)c5cccnc54)c3)c2)=N1. The van der Waals surface area contributed by atoms with Gasteiger partial charge in [0, 0.05) is 32.9 Å². The van der Waals surface area contributed by atoms with Crippen LogP contribution >= 0.6 is 0 Å². The van der Waals surface area contributed by atoms with Crippen molar-refractivity contribution < 1.29 is 13.6 Å². The Morgan fingerprint density at radius 3 is 2.51 bits per heavy atom. The van der Waals surface area contributed by atoms with E-state index >= 15 is 0 Å². The molecular formula is C32H31N3O2. The molecule has 1 aromatic heterocycles. The van der Waals surface area contributed by atoms with Gasteiger partial charge in [-0.15, -0.1) is 0 Å². The molecule has 6 rings (SSSR count). The second-order valence-electron chi connectivity index (χ2n) is 10.3. The first-order chi connectivity index (χ1) is 19.0. The highest BCUT2D eigenvalue weighted by Gasteiger charge is 2.37. The number of nitrogens with zero attached hydrogens (tertiary/aromatic N) is 3. The van der Waals surface area contributed by atoms with Crippen molar-refractivity contribution >= 4 is 23.1 Å².